The number of nitrogens with zero attached hydrogens (tertiary/aromatic N) is 2. The van der Waals surface area contributed by atoms with Crippen LogP contribution in [-0.4, -0.2) is 16.3 Å². The van der Waals surface area contributed by atoms with Gasteiger partial charge in [-0.05, 0) is 26.0 Å². The number of nitrogens with two attached hydrogens (primary N) is 1. The monoisotopic (exact) mass is 167 g/mol. The van der Waals surface area contributed by atoms with E-state index in [2.05, 4.69) is 25.0 Å². The van der Waals surface area contributed by atoms with E-state index in [1.807, 2.05) is 4.68 Å². The van der Waals surface area contributed by atoms with Gasteiger partial charge in [0.15, 0.2) is 0 Å². The summed E-state index contributed by atoms with van der Waals surface area (Å²) in [6.07, 6.45) is 1.94. The molecule has 0 aliphatic carbocycles. The van der Waals surface area contributed by atoms with Gasteiger partial charge in [-0.3, -0.25) is 4.68 Å². The summed E-state index contributed by atoms with van der Waals surface area (Å²) in [5.41, 5.74) is 7.88. The molecule has 12 heavy (non-hydrogen) atoms. The third-order valence-electron chi connectivity index (χ3n) is 1.98. The molecule has 0 bridgehead atoms. The van der Waals surface area contributed by atoms with Crippen LogP contribution in [0.25, 0.3) is 0 Å². The lowest BCUT2D eigenvalue weighted by molar-refractivity contribution is 0.616. The van der Waals surface area contributed by atoms with Crippen molar-refractivity contribution in [2.75, 3.05) is 6.54 Å². The highest BCUT2D eigenvalue weighted by atomic mass is 15.3. The molecule has 3 heteroatoms. The molecule has 0 fully saturated rings. The van der Waals surface area contributed by atoms with Gasteiger partial charge in [-0.1, -0.05) is 6.92 Å². The van der Waals surface area contributed by atoms with Crippen molar-refractivity contribution in [3.05, 3.63) is 17.5 Å². The zero-order valence-electron chi connectivity index (χ0n) is 7.88. The van der Waals surface area contributed by atoms with Crippen LogP contribution in [0.2, 0.25) is 0 Å². The highest BCUT2D eigenvalue weighted by molar-refractivity contribution is 5.10. The fraction of sp³-hybridized carbons (Fsp3) is 0.667. The molecule has 0 radical (unpaired) electrons. The Balaban J connectivity index is 2.81. The Hall–Kier alpha value is -0.830. The summed E-state index contributed by atoms with van der Waals surface area (Å²) in [6.45, 7) is 5.89. The number of hydrogen-bond donors (Lipinski definition) is 1. The van der Waals surface area contributed by atoms with E-state index < -0.39 is 0 Å². The van der Waals surface area contributed by atoms with Gasteiger partial charge in [0.1, 0.15) is 0 Å². The number of aromatic nitrogens is 2. The smallest absolute Gasteiger partial charge is 0.0640 e. The van der Waals surface area contributed by atoms with Crippen LogP contribution in [0, 0.1) is 0 Å². The molecule has 0 unspecified atom stereocenters. The van der Waals surface area contributed by atoms with Gasteiger partial charge in [-0.15, -0.1) is 0 Å². The largest absolute Gasteiger partial charge is 0.330 e. The summed E-state index contributed by atoms with van der Waals surface area (Å²) < 4.78 is 2.05. The Bertz CT molecular complexity index is 218. The Morgan fingerprint density at radius 3 is 2.67 bits per heavy atom. The minimum Gasteiger partial charge on any atom is -0.330 e. The van der Waals surface area contributed by atoms with Crippen molar-refractivity contribution < 1.29 is 0 Å². The van der Waals surface area contributed by atoms with Crippen LogP contribution in [0.15, 0.2) is 6.07 Å². The average molecular weight is 167 g/mol. The van der Waals surface area contributed by atoms with Crippen LogP contribution in [-0.2, 0) is 19.4 Å². The molecule has 0 aromatic carbocycles. The van der Waals surface area contributed by atoms with Crippen LogP contribution >= 0.6 is 0 Å². The predicted octanol–water partition coefficient (Wildman–Crippen LogP) is 0.967. The van der Waals surface area contributed by atoms with Crippen LogP contribution in [0.3, 0.4) is 0 Å². The fourth-order valence-electron chi connectivity index (χ4n) is 1.34. The molecule has 1 aromatic heterocycles. The van der Waals surface area contributed by atoms with E-state index in [4.69, 9.17) is 5.73 Å². The van der Waals surface area contributed by atoms with Crippen molar-refractivity contribution in [2.24, 2.45) is 5.73 Å². The topological polar surface area (TPSA) is 43.8 Å². The maximum absolute atomic E-state index is 5.45. The highest BCUT2D eigenvalue weighted by Crippen LogP contribution is 2.05. The molecule has 1 rings (SSSR count). The first-order valence-electron chi connectivity index (χ1n) is 4.57. The molecule has 68 valence electrons. The standard InChI is InChI=1S/C9H17N3/c1-3-9-7-8(5-6-10)11-12(9)4-2/h7H,3-6,10H2,1-2H3. The number of aryl methyl sites for hydroxylation is 2. The van der Waals surface area contributed by atoms with Crippen molar-refractivity contribution in [1.29, 1.82) is 0 Å². The molecular weight excluding hydrogens is 150 g/mol. The maximum atomic E-state index is 5.45. The minimum absolute atomic E-state index is 0.684. The van der Waals surface area contributed by atoms with Gasteiger partial charge < -0.3 is 5.73 Å². The van der Waals surface area contributed by atoms with E-state index in [1.165, 1.54) is 5.69 Å². The maximum Gasteiger partial charge on any atom is 0.0640 e. The molecule has 0 spiro atoms. The third kappa shape index (κ3) is 1.85. The first kappa shape index (κ1) is 9.26. The van der Waals surface area contributed by atoms with Gasteiger partial charge >= 0.3 is 0 Å². The van der Waals surface area contributed by atoms with Gasteiger partial charge in [0.25, 0.3) is 0 Å². The van der Waals surface area contributed by atoms with Crippen LogP contribution in [0.5, 0.6) is 0 Å². The molecule has 0 saturated carbocycles. The lowest BCUT2D eigenvalue weighted by Gasteiger charge is -1.99. The predicted molar refractivity (Wildman–Crippen MR) is 50.0 cm³/mol. The molecule has 0 atom stereocenters. The normalized spacial score (nSPS) is 10.6. The molecule has 0 aliphatic heterocycles. The molecule has 1 heterocycles. The summed E-state index contributed by atoms with van der Waals surface area (Å²) in [4.78, 5) is 0. The quantitative estimate of drug-likeness (QED) is 0.726. The van der Waals surface area contributed by atoms with Crippen molar-refractivity contribution in [2.45, 2.75) is 33.2 Å². The van der Waals surface area contributed by atoms with E-state index >= 15 is 0 Å². The molecule has 0 amide bonds. The van der Waals surface area contributed by atoms with Crippen molar-refractivity contribution >= 4 is 0 Å². The van der Waals surface area contributed by atoms with Gasteiger partial charge in [-0.25, -0.2) is 0 Å². The zero-order chi connectivity index (χ0) is 8.97. The van der Waals surface area contributed by atoms with Gasteiger partial charge in [0, 0.05) is 18.7 Å². The summed E-state index contributed by atoms with van der Waals surface area (Å²) in [6, 6.07) is 2.15. The summed E-state index contributed by atoms with van der Waals surface area (Å²) >= 11 is 0. The highest BCUT2D eigenvalue weighted by Gasteiger charge is 2.03. The molecule has 0 aliphatic rings. The van der Waals surface area contributed by atoms with Gasteiger partial charge in [0.2, 0.25) is 0 Å². The van der Waals surface area contributed by atoms with Crippen molar-refractivity contribution in [1.82, 2.24) is 9.78 Å². The summed E-state index contributed by atoms with van der Waals surface area (Å²) in [5.74, 6) is 0. The lowest BCUT2D eigenvalue weighted by Crippen LogP contribution is -2.05. The zero-order valence-corrected chi connectivity index (χ0v) is 7.88. The first-order chi connectivity index (χ1) is 5.81. The van der Waals surface area contributed by atoms with Gasteiger partial charge in [-0.2, -0.15) is 5.10 Å². The van der Waals surface area contributed by atoms with Crippen LogP contribution < -0.4 is 5.73 Å². The Morgan fingerprint density at radius 2 is 2.25 bits per heavy atom. The molecule has 2 N–H and O–H groups in total. The second-order valence-corrected chi connectivity index (χ2v) is 2.84. The van der Waals surface area contributed by atoms with E-state index in [1.54, 1.807) is 0 Å². The Morgan fingerprint density at radius 1 is 1.50 bits per heavy atom. The summed E-state index contributed by atoms with van der Waals surface area (Å²) in [5, 5.41) is 4.43. The van der Waals surface area contributed by atoms with Gasteiger partial charge in [0.05, 0.1) is 5.69 Å². The van der Waals surface area contributed by atoms with Crippen molar-refractivity contribution in [3.8, 4) is 0 Å². The molecule has 0 saturated heterocycles. The van der Waals surface area contributed by atoms with E-state index in [9.17, 15) is 0 Å². The van der Waals surface area contributed by atoms with E-state index in [-0.39, 0.29) is 0 Å². The summed E-state index contributed by atoms with van der Waals surface area (Å²) in [7, 11) is 0. The Kier molecular flexibility index (Phi) is 3.29. The average Bonchev–Trinajstić information content (AvgIpc) is 2.48. The van der Waals surface area contributed by atoms with Crippen molar-refractivity contribution in [3.63, 3.8) is 0 Å². The minimum atomic E-state index is 0.684. The molecular formula is C9H17N3. The second-order valence-electron chi connectivity index (χ2n) is 2.84. The molecule has 3 nitrogen and oxygen atoms in total. The first-order valence-corrected chi connectivity index (χ1v) is 4.57. The third-order valence-corrected chi connectivity index (χ3v) is 1.98. The molecule has 1 aromatic rings. The van der Waals surface area contributed by atoms with Crippen LogP contribution in [0.4, 0.5) is 0 Å². The van der Waals surface area contributed by atoms with E-state index in [0.717, 1.165) is 25.1 Å². The number of hydrogen-bond acceptors (Lipinski definition) is 2. The fourth-order valence-corrected chi connectivity index (χ4v) is 1.34. The second kappa shape index (κ2) is 4.26. The van der Waals surface area contributed by atoms with E-state index in [0.29, 0.717) is 6.54 Å². The lowest BCUT2D eigenvalue weighted by atomic mass is 10.2. The Labute approximate surface area is 73.6 Å². The SMILES string of the molecule is CCc1cc(CCN)nn1CC. The van der Waals surface area contributed by atoms with Crippen LogP contribution in [0.1, 0.15) is 25.2 Å². The number of rotatable bonds is 4.